The first-order chi connectivity index (χ1) is 9.29. The van der Waals surface area contributed by atoms with Crippen molar-refractivity contribution in [3.05, 3.63) is 35.9 Å². The second-order valence-electron chi connectivity index (χ2n) is 5.51. The molecule has 0 aliphatic heterocycles. The Balaban J connectivity index is 2.40. The average Bonchev–Trinajstić information content (AvgIpc) is 2.38. The zero-order chi connectivity index (χ0) is 15.2. The minimum absolute atomic E-state index is 0.171. The van der Waals surface area contributed by atoms with E-state index >= 15 is 0 Å². The van der Waals surface area contributed by atoms with Gasteiger partial charge in [0.25, 0.3) is 5.91 Å². The van der Waals surface area contributed by atoms with E-state index in [9.17, 15) is 4.79 Å². The van der Waals surface area contributed by atoms with Crippen molar-refractivity contribution < 1.29 is 9.53 Å². The maximum Gasteiger partial charge on any atom is 0.257 e. The molecule has 0 saturated heterocycles. The van der Waals surface area contributed by atoms with Gasteiger partial charge < -0.3 is 9.64 Å². The summed E-state index contributed by atoms with van der Waals surface area (Å²) in [7, 11) is 1.83. The Kier molecular flexibility index (Phi) is 6.10. The van der Waals surface area contributed by atoms with Crippen LogP contribution in [0.3, 0.4) is 0 Å². The predicted molar refractivity (Wildman–Crippen MR) is 84.8 cm³/mol. The molecule has 1 rings (SSSR count). The molecule has 1 amide bonds. The lowest BCUT2D eigenvalue weighted by molar-refractivity contribution is -0.00609. The molecule has 0 saturated carbocycles. The predicted octanol–water partition coefficient (Wildman–Crippen LogP) is 2.45. The quantitative estimate of drug-likeness (QED) is 0.866. The molecule has 4 nitrogen and oxygen atoms in total. The molecule has 1 N–H and O–H groups in total. The average molecular weight is 294 g/mol. The molecule has 0 aromatic heterocycles. The fraction of sp³-hybridized carbons (Fsp3) is 0.467. The molecular weight excluding hydrogens is 272 g/mol. The van der Waals surface area contributed by atoms with Gasteiger partial charge in [-0.1, -0.05) is 18.2 Å². The van der Waals surface area contributed by atoms with Crippen molar-refractivity contribution in [2.24, 2.45) is 0 Å². The number of thiocarbonyl (C=S) groups is 1. The Morgan fingerprint density at radius 2 is 1.90 bits per heavy atom. The molecule has 0 atom stereocenters. The number of hydrogen-bond donors (Lipinski definition) is 1. The number of nitrogens with zero attached hydrogens (tertiary/aromatic N) is 1. The van der Waals surface area contributed by atoms with Gasteiger partial charge in [-0.25, -0.2) is 0 Å². The summed E-state index contributed by atoms with van der Waals surface area (Å²) in [5.41, 5.74) is 0.421. The summed E-state index contributed by atoms with van der Waals surface area (Å²) >= 11 is 5.20. The molecule has 5 heteroatoms. The van der Waals surface area contributed by atoms with Crippen molar-refractivity contribution >= 4 is 23.2 Å². The fourth-order valence-electron chi connectivity index (χ4n) is 1.44. The van der Waals surface area contributed by atoms with Gasteiger partial charge >= 0.3 is 0 Å². The zero-order valence-corrected chi connectivity index (χ0v) is 13.3. The van der Waals surface area contributed by atoms with Crippen molar-refractivity contribution in [3.63, 3.8) is 0 Å². The molecular formula is C15H22N2O2S. The first-order valence-electron chi connectivity index (χ1n) is 6.55. The second-order valence-corrected chi connectivity index (χ2v) is 5.89. The molecule has 0 spiro atoms. The topological polar surface area (TPSA) is 41.6 Å². The van der Waals surface area contributed by atoms with Gasteiger partial charge in [-0.05, 0) is 45.1 Å². The smallest absolute Gasteiger partial charge is 0.257 e. The number of nitrogens with one attached hydrogen (secondary N) is 1. The highest BCUT2D eigenvalue weighted by Gasteiger charge is 2.13. The van der Waals surface area contributed by atoms with E-state index in [0.717, 1.165) is 0 Å². The van der Waals surface area contributed by atoms with Crippen LogP contribution in [0.25, 0.3) is 0 Å². The third kappa shape index (κ3) is 6.12. The van der Waals surface area contributed by atoms with Crippen LogP contribution in [0, 0.1) is 0 Å². The van der Waals surface area contributed by atoms with Gasteiger partial charge in [0.05, 0.1) is 12.2 Å². The van der Waals surface area contributed by atoms with E-state index in [1.54, 1.807) is 17.0 Å². The molecule has 110 valence electrons. The van der Waals surface area contributed by atoms with Crippen LogP contribution in [-0.2, 0) is 4.74 Å². The monoisotopic (exact) mass is 294 g/mol. The number of amides is 1. The summed E-state index contributed by atoms with van der Waals surface area (Å²) in [5.74, 6) is -0.195. The number of rotatable bonds is 4. The molecule has 0 radical (unpaired) electrons. The van der Waals surface area contributed by atoms with Crippen LogP contribution in [0.4, 0.5) is 0 Å². The van der Waals surface area contributed by atoms with E-state index < -0.39 is 0 Å². The lowest BCUT2D eigenvalue weighted by Crippen LogP contribution is -2.42. The van der Waals surface area contributed by atoms with Crippen LogP contribution in [0.5, 0.6) is 0 Å². The van der Waals surface area contributed by atoms with Gasteiger partial charge in [-0.3, -0.25) is 10.1 Å². The lowest BCUT2D eigenvalue weighted by atomic mass is 10.2. The number of likely N-dealkylation sites (N-methyl/N-ethyl adjacent to an activating group) is 1. The van der Waals surface area contributed by atoms with E-state index in [0.29, 0.717) is 23.8 Å². The Morgan fingerprint density at radius 1 is 1.30 bits per heavy atom. The summed E-state index contributed by atoms with van der Waals surface area (Å²) < 4.78 is 5.63. The van der Waals surface area contributed by atoms with Crippen LogP contribution in [0.15, 0.2) is 30.3 Å². The Hall–Kier alpha value is -1.46. The maximum atomic E-state index is 11.9. The Bertz CT molecular complexity index is 455. The Labute approximate surface area is 126 Å². The minimum atomic E-state index is -0.195. The summed E-state index contributed by atoms with van der Waals surface area (Å²) in [4.78, 5) is 13.7. The summed E-state index contributed by atoms with van der Waals surface area (Å²) in [6, 6.07) is 9.00. The van der Waals surface area contributed by atoms with E-state index in [2.05, 4.69) is 5.32 Å². The number of hydrogen-bond acceptors (Lipinski definition) is 3. The SMILES string of the molecule is CN(CCOC(C)(C)C)C(=S)NC(=O)c1ccccc1. The molecule has 20 heavy (non-hydrogen) atoms. The van der Waals surface area contributed by atoms with Crippen molar-refractivity contribution in [2.75, 3.05) is 20.2 Å². The third-order valence-electron chi connectivity index (χ3n) is 2.56. The van der Waals surface area contributed by atoms with E-state index in [1.165, 1.54) is 0 Å². The standard InChI is InChI=1S/C15H22N2O2S/c1-15(2,3)19-11-10-17(4)14(20)16-13(18)12-8-6-5-7-9-12/h5-9H,10-11H2,1-4H3,(H,16,18,20). The summed E-state index contributed by atoms with van der Waals surface area (Å²) in [6.45, 7) is 7.19. The molecule has 0 aliphatic carbocycles. The van der Waals surface area contributed by atoms with Crippen LogP contribution in [0.1, 0.15) is 31.1 Å². The largest absolute Gasteiger partial charge is 0.374 e. The molecule has 0 aliphatic rings. The maximum absolute atomic E-state index is 11.9. The molecule has 0 fully saturated rings. The van der Waals surface area contributed by atoms with E-state index in [-0.39, 0.29) is 11.5 Å². The van der Waals surface area contributed by atoms with Gasteiger partial charge in [-0.15, -0.1) is 0 Å². The van der Waals surface area contributed by atoms with E-state index in [1.807, 2.05) is 46.0 Å². The molecule has 0 bridgehead atoms. The summed E-state index contributed by atoms with van der Waals surface area (Å²) in [5, 5.41) is 3.11. The van der Waals surface area contributed by atoms with Gasteiger partial charge in [0, 0.05) is 19.2 Å². The molecule has 0 unspecified atom stereocenters. The first-order valence-corrected chi connectivity index (χ1v) is 6.96. The molecule has 0 heterocycles. The van der Waals surface area contributed by atoms with Crippen molar-refractivity contribution in [2.45, 2.75) is 26.4 Å². The normalized spacial score (nSPS) is 11.0. The van der Waals surface area contributed by atoms with Crippen molar-refractivity contribution in [1.29, 1.82) is 0 Å². The second kappa shape index (κ2) is 7.36. The van der Waals surface area contributed by atoms with Crippen molar-refractivity contribution in [1.82, 2.24) is 10.2 Å². The minimum Gasteiger partial charge on any atom is -0.374 e. The van der Waals surface area contributed by atoms with Crippen LogP contribution in [-0.4, -0.2) is 41.7 Å². The summed E-state index contributed by atoms with van der Waals surface area (Å²) in [6.07, 6.45) is 0. The van der Waals surface area contributed by atoms with E-state index in [4.69, 9.17) is 17.0 Å². The highest BCUT2D eigenvalue weighted by molar-refractivity contribution is 7.80. The number of carbonyl (C=O) groups is 1. The van der Waals surface area contributed by atoms with Crippen LogP contribution >= 0.6 is 12.2 Å². The lowest BCUT2D eigenvalue weighted by Gasteiger charge is -2.24. The van der Waals surface area contributed by atoms with Gasteiger partial charge in [0.15, 0.2) is 5.11 Å². The van der Waals surface area contributed by atoms with Gasteiger partial charge in [0.1, 0.15) is 0 Å². The highest BCUT2D eigenvalue weighted by atomic mass is 32.1. The van der Waals surface area contributed by atoms with Crippen molar-refractivity contribution in [3.8, 4) is 0 Å². The molecule has 1 aromatic carbocycles. The highest BCUT2D eigenvalue weighted by Crippen LogP contribution is 2.06. The van der Waals surface area contributed by atoms with Gasteiger partial charge in [-0.2, -0.15) is 0 Å². The number of carbonyl (C=O) groups excluding carboxylic acids is 1. The van der Waals surface area contributed by atoms with Crippen LogP contribution < -0.4 is 5.32 Å². The fourth-order valence-corrected chi connectivity index (χ4v) is 1.63. The van der Waals surface area contributed by atoms with Crippen LogP contribution in [0.2, 0.25) is 0 Å². The Morgan fingerprint density at radius 3 is 2.45 bits per heavy atom. The third-order valence-corrected chi connectivity index (χ3v) is 2.98. The number of benzene rings is 1. The zero-order valence-electron chi connectivity index (χ0n) is 12.5. The molecule has 1 aromatic rings. The first kappa shape index (κ1) is 16.6. The van der Waals surface area contributed by atoms with Gasteiger partial charge in [0.2, 0.25) is 0 Å². The number of ether oxygens (including phenoxy) is 1.